The van der Waals surface area contributed by atoms with E-state index in [1.807, 2.05) is 26.8 Å². The SMILES string of the molecule is Cc1c[nH]c(NCC(c2ccc(O)c(C)c2)P2(=O)OCC(C)(C)O2)n1. The summed E-state index contributed by atoms with van der Waals surface area (Å²) >= 11 is 0. The normalized spacial score (nSPS) is 23.5. The number of H-pyrrole nitrogens is 1. The van der Waals surface area contributed by atoms with E-state index in [4.69, 9.17) is 9.05 Å². The van der Waals surface area contributed by atoms with Crippen LogP contribution in [-0.4, -0.2) is 33.8 Å². The summed E-state index contributed by atoms with van der Waals surface area (Å²) in [4.78, 5) is 7.33. The van der Waals surface area contributed by atoms with E-state index in [2.05, 4.69) is 15.3 Å². The molecule has 0 saturated carbocycles. The quantitative estimate of drug-likeness (QED) is 0.696. The lowest BCUT2D eigenvalue weighted by molar-refractivity contribution is 0.137. The standard InChI is InChI=1S/C17H24N3O4P/c1-11-7-13(5-6-14(11)21)15(9-19-16-18-8-12(2)20-16)25(22)23-10-17(3,4)24-25/h5-8,15,21H,9-10H2,1-4H3,(H2,18,19,20). The van der Waals surface area contributed by atoms with Gasteiger partial charge in [0.25, 0.3) is 0 Å². The molecule has 2 atom stereocenters. The molecule has 3 N–H and O–H groups in total. The molecule has 2 unspecified atom stereocenters. The van der Waals surface area contributed by atoms with E-state index >= 15 is 0 Å². The second-order valence-corrected chi connectivity index (χ2v) is 9.14. The summed E-state index contributed by atoms with van der Waals surface area (Å²) in [6.45, 7) is 8.00. The van der Waals surface area contributed by atoms with Gasteiger partial charge in [0.05, 0.1) is 17.9 Å². The summed E-state index contributed by atoms with van der Waals surface area (Å²) in [5.74, 6) is 0.798. The summed E-state index contributed by atoms with van der Waals surface area (Å²) in [7, 11) is -3.37. The van der Waals surface area contributed by atoms with Crippen LogP contribution in [0.25, 0.3) is 0 Å². The van der Waals surface area contributed by atoms with Crippen LogP contribution >= 0.6 is 7.60 Å². The van der Waals surface area contributed by atoms with E-state index in [1.54, 1.807) is 25.3 Å². The van der Waals surface area contributed by atoms with Gasteiger partial charge in [-0.3, -0.25) is 9.09 Å². The van der Waals surface area contributed by atoms with Crippen LogP contribution in [0, 0.1) is 13.8 Å². The van der Waals surface area contributed by atoms with Gasteiger partial charge in [0.1, 0.15) is 11.4 Å². The van der Waals surface area contributed by atoms with Crippen LogP contribution in [-0.2, 0) is 13.6 Å². The summed E-state index contributed by atoms with van der Waals surface area (Å²) in [6.07, 6.45) is 1.79. The third-order valence-electron chi connectivity index (χ3n) is 4.12. The second-order valence-electron chi connectivity index (χ2n) is 7.00. The van der Waals surface area contributed by atoms with Gasteiger partial charge in [0, 0.05) is 12.7 Å². The maximum absolute atomic E-state index is 13.4. The first kappa shape index (κ1) is 18.0. The van der Waals surface area contributed by atoms with Crippen molar-refractivity contribution < 1.29 is 18.7 Å². The lowest BCUT2D eigenvalue weighted by Gasteiger charge is -2.25. The molecule has 136 valence electrons. The van der Waals surface area contributed by atoms with E-state index in [9.17, 15) is 9.67 Å². The highest BCUT2D eigenvalue weighted by Gasteiger charge is 2.48. The predicted octanol–water partition coefficient (Wildman–Crippen LogP) is 3.90. The Morgan fingerprint density at radius 1 is 1.44 bits per heavy atom. The highest BCUT2D eigenvalue weighted by Crippen LogP contribution is 2.66. The van der Waals surface area contributed by atoms with E-state index in [0.717, 1.165) is 11.3 Å². The number of nitrogens with one attached hydrogen (secondary N) is 2. The molecule has 2 aromatic rings. The minimum Gasteiger partial charge on any atom is -0.508 e. The maximum Gasteiger partial charge on any atom is 0.340 e. The third kappa shape index (κ3) is 3.89. The van der Waals surface area contributed by atoms with E-state index < -0.39 is 18.9 Å². The van der Waals surface area contributed by atoms with Crippen molar-refractivity contribution in [2.75, 3.05) is 18.5 Å². The molecule has 0 radical (unpaired) electrons. The van der Waals surface area contributed by atoms with Gasteiger partial charge in [-0.2, -0.15) is 0 Å². The molecule has 0 spiro atoms. The minimum absolute atomic E-state index is 0.198. The highest BCUT2D eigenvalue weighted by atomic mass is 31.2. The number of nitrogens with zero attached hydrogens (tertiary/aromatic N) is 1. The number of anilines is 1. The first-order chi connectivity index (χ1) is 11.7. The van der Waals surface area contributed by atoms with Gasteiger partial charge < -0.3 is 19.9 Å². The number of aryl methyl sites for hydroxylation is 2. The molecule has 1 saturated heterocycles. The molecule has 1 fully saturated rings. The van der Waals surface area contributed by atoms with Crippen molar-refractivity contribution in [3.63, 3.8) is 0 Å². The van der Waals surface area contributed by atoms with Crippen molar-refractivity contribution in [2.24, 2.45) is 0 Å². The number of phenols is 1. The molecule has 1 aromatic carbocycles. The second kappa shape index (κ2) is 6.48. The Bertz CT molecular complexity index is 818. The monoisotopic (exact) mass is 365 g/mol. The van der Waals surface area contributed by atoms with Crippen molar-refractivity contribution in [3.05, 3.63) is 41.2 Å². The van der Waals surface area contributed by atoms with Crippen LogP contribution in [0.1, 0.15) is 36.3 Å². The number of imidazole rings is 1. The lowest BCUT2D eigenvalue weighted by Crippen LogP contribution is -2.21. The predicted molar refractivity (Wildman–Crippen MR) is 96.1 cm³/mol. The number of phenolic OH excluding ortho intramolecular Hbond substituents is 1. The van der Waals surface area contributed by atoms with Crippen molar-refractivity contribution in [3.8, 4) is 5.75 Å². The number of aromatic hydroxyl groups is 1. The van der Waals surface area contributed by atoms with Crippen LogP contribution in [0.4, 0.5) is 5.95 Å². The number of hydrogen-bond acceptors (Lipinski definition) is 6. The molecule has 1 aliphatic rings. The van der Waals surface area contributed by atoms with E-state index in [-0.39, 0.29) is 12.4 Å². The largest absolute Gasteiger partial charge is 0.508 e. The number of aromatic nitrogens is 2. The Balaban J connectivity index is 1.90. The maximum atomic E-state index is 13.4. The van der Waals surface area contributed by atoms with Gasteiger partial charge in [0.15, 0.2) is 5.95 Å². The molecule has 0 amide bonds. The van der Waals surface area contributed by atoms with Gasteiger partial charge in [-0.05, 0) is 44.9 Å². The molecule has 0 aliphatic carbocycles. The highest BCUT2D eigenvalue weighted by molar-refractivity contribution is 7.54. The van der Waals surface area contributed by atoms with E-state index in [0.29, 0.717) is 18.1 Å². The fraction of sp³-hybridized carbons (Fsp3) is 0.471. The van der Waals surface area contributed by atoms with Crippen LogP contribution < -0.4 is 5.32 Å². The van der Waals surface area contributed by atoms with Crippen LogP contribution in [0.15, 0.2) is 24.4 Å². The molecular formula is C17H24N3O4P. The van der Waals surface area contributed by atoms with Gasteiger partial charge >= 0.3 is 7.60 Å². The van der Waals surface area contributed by atoms with Crippen LogP contribution in [0.3, 0.4) is 0 Å². The molecular weight excluding hydrogens is 341 g/mol. The zero-order chi connectivity index (χ0) is 18.2. The Hall–Kier alpha value is -1.82. The zero-order valence-electron chi connectivity index (χ0n) is 14.9. The van der Waals surface area contributed by atoms with Gasteiger partial charge in [-0.1, -0.05) is 12.1 Å². The molecule has 2 heterocycles. The summed E-state index contributed by atoms with van der Waals surface area (Å²) < 4.78 is 24.8. The molecule has 1 aromatic heterocycles. The fourth-order valence-corrected chi connectivity index (χ4v) is 5.22. The average Bonchev–Trinajstić information content (AvgIpc) is 3.06. The van der Waals surface area contributed by atoms with Crippen LogP contribution in [0.2, 0.25) is 0 Å². The molecule has 3 rings (SSSR count). The molecule has 7 nitrogen and oxygen atoms in total. The van der Waals surface area contributed by atoms with Crippen LogP contribution in [0.5, 0.6) is 5.75 Å². The summed E-state index contributed by atoms with van der Waals surface area (Å²) in [5, 5.41) is 13.0. The van der Waals surface area contributed by atoms with Gasteiger partial charge in [-0.15, -0.1) is 0 Å². The Labute approximate surface area is 147 Å². The van der Waals surface area contributed by atoms with Crippen molar-refractivity contribution in [1.82, 2.24) is 9.97 Å². The lowest BCUT2D eigenvalue weighted by atomic mass is 10.1. The minimum atomic E-state index is -3.37. The number of aromatic amines is 1. The van der Waals surface area contributed by atoms with E-state index in [1.165, 1.54) is 0 Å². The molecule has 1 aliphatic heterocycles. The first-order valence-corrected chi connectivity index (χ1v) is 9.80. The fourth-order valence-electron chi connectivity index (χ4n) is 2.79. The average molecular weight is 365 g/mol. The zero-order valence-corrected chi connectivity index (χ0v) is 15.8. The van der Waals surface area contributed by atoms with Crippen molar-refractivity contribution >= 4 is 13.5 Å². The summed E-state index contributed by atoms with van der Waals surface area (Å²) in [5.41, 5.74) is 1.24. The Morgan fingerprint density at radius 3 is 2.76 bits per heavy atom. The Kier molecular flexibility index (Phi) is 4.66. The molecule has 0 bridgehead atoms. The smallest absolute Gasteiger partial charge is 0.340 e. The van der Waals surface area contributed by atoms with Crippen molar-refractivity contribution in [2.45, 2.75) is 39.0 Å². The number of benzene rings is 1. The Morgan fingerprint density at radius 2 is 2.20 bits per heavy atom. The first-order valence-electron chi connectivity index (χ1n) is 8.19. The number of rotatable bonds is 5. The van der Waals surface area contributed by atoms with Gasteiger partial charge in [0.2, 0.25) is 0 Å². The topological polar surface area (TPSA) is 96.5 Å². The number of hydrogen-bond donors (Lipinski definition) is 3. The molecule has 25 heavy (non-hydrogen) atoms. The van der Waals surface area contributed by atoms with Crippen molar-refractivity contribution in [1.29, 1.82) is 0 Å². The summed E-state index contributed by atoms with van der Waals surface area (Å²) in [6, 6.07) is 5.16. The third-order valence-corrected chi connectivity index (χ3v) is 6.60. The molecule has 8 heteroatoms. The van der Waals surface area contributed by atoms with Gasteiger partial charge in [-0.25, -0.2) is 4.98 Å².